The number of para-hydroxylation sites is 1. The lowest BCUT2D eigenvalue weighted by Gasteiger charge is -2.29. The highest BCUT2D eigenvalue weighted by molar-refractivity contribution is 14.0. The Morgan fingerprint density at radius 3 is 2.52 bits per heavy atom. The molecule has 1 fully saturated rings. The first-order valence-electron chi connectivity index (χ1n) is 10.7. The fourth-order valence-electron chi connectivity index (χ4n) is 4.16. The van der Waals surface area contributed by atoms with E-state index in [0.29, 0.717) is 12.6 Å². The van der Waals surface area contributed by atoms with Crippen LogP contribution < -0.4 is 15.4 Å². The lowest BCUT2D eigenvalue weighted by Crippen LogP contribution is -2.42. The molecule has 0 bridgehead atoms. The summed E-state index contributed by atoms with van der Waals surface area (Å²) in [5, 5.41) is 8.19. The molecule has 3 N–H and O–H groups in total. The average Bonchev–Trinajstić information content (AvgIpc) is 3.46. The van der Waals surface area contributed by atoms with Crippen LogP contribution in [-0.2, 0) is 6.54 Å². The third-order valence-corrected chi connectivity index (χ3v) is 5.80. The van der Waals surface area contributed by atoms with Crippen molar-refractivity contribution in [3.8, 4) is 5.75 Å². The maximum Gasteiger partial charge on any atom is 0.191 e. The van der Waals surface area contributed by atoms with Crippen molar-refractivity contribution in [1.82, 2.24) is 20.5 Å². The predicted octanol–water partition coefficient (Wildman–Crippen LogP) is 4.30. The van der Waals surface area contributed by atoms with E-state index in [9.17, 15) is 0 Å². The molecule has 4 rings (SSSR count). The fraction of sp³-hybridized carbons (Fsp3) is 0.375. The van der Waals surface area contributed by atoms with Crippen LogP contribution in [0.25, 0.3) is 10.9 Å². The number of aromatic amines is 1. The molecule has 3 aromatic rings. The van der Waals surface area contributed by atoms with Crippen molar-refractivity contribution >= 4 is 40.8 Å². The number of fused-ring (bicyclic) bond motifs is 1. The van der Waals surface area contributed by atoms with Crippen molar-refractivity contribution < 1.29 is 4.74 Å². The number of H-pyrrole nitrogens is 1. The molecule has 1 aliphatic rings. The summed E-state index contributed by atoms with van der Waals surface area (Å²) in [6.07, 6.45) is 2.53. The Hall–Kier alpha value is -2.26. The van der Waals surface area contributed by atoms with E-state index in [1.807, 2.05) is 25.2 Å². The van der Waals surface area contributed by atoms with Gasteiger partial charge in [-0.25, -0.2) is 0 Å². The number of methoxy groups -OCH3 is 1. The van der Waals surface area contributed by atoms with Crippen LogP contribution in [0.2, 0.25) is 0 Å². The lowest BCUT2D eigenvalue weighted by molar-refractivity contribution is 0.245. The van der Waals surface area contributed by atoms with Crippen LogP contribution in [0.1, 0.15) is 30.1 Å². The zero-order chi connectivity index (χ0) is 20.8. The average molecular weight is 533 g/mol. The van der Waals surface area contributed by atoms with Crippen LogP contribution in [-0.4, -0.2) is 49.6 Å². The Morgan fingerprint density at radius 1 is 1.10 bits per heavy atom. The Kier molecular flexibility index (Phi) is 8.60. The standard InChI is InChI=1S/C24H31N5O.HI/c1-25-24(26-16-20-15-19-7-3-4-8-22(19)28-20)27-17-23(29-13-5-6-14-29)18-9-11-21(30-2)12-10-18;/h3-4,7-12,15,23,28H,5-6,13-14,16-17H2,1-2H3,(H2,25,26,27);1H. The van der Waals surface area contributed by atoms with Crippen molar-refractivity contribution in [1.29, 1.82) is 0 Å². The number of aromatic nitrogens is 1. The molecule has 0 radical (unpaired) electrons. The zero-order valence-corrected chi connectivity index (χ0v) is 20.6. The molecule has 1 saturated heterocycles. The number of hydrogen-bond donors (Lipinski definition) is 3. The van der Waals surface area contributed by atoms with Gasteiger partial charge >= 0.3 is 0 Å². The summed E-state index contributed by atoms with van der Waals surface area (Å²) in [7, 11) is 3.52. The van der Waals surface area contributed by atoms with Gasteiger partial charge in [-0.1, -0.05) is 30.3 Å². The summed E-state index contributed by atoms with van der Waals surface area (Å²) in [5.41, 5.74) is 3.60. The van der Waals surface area contributed by atoms with Crippen molar-refractivity contribution in [3.63, 3.8) is 0 Å². The monoisotopic (exact) mass is 533 g/mol. The molecule has 0 aliphatic carbocycles. The quantitative estimate of drug-likeness (QED) is 0.241. The molecule has 7 heteroatoms. The Balaban J connectivity index is 0.00000272. The molecule has 2 aromatic carbocycles. The third kappa shape index (κ3) is 5.92. The number of ether oxygens (including phenoxy) is 1. The van der Waals surface area contributed by atoms with E-state index in [1.54, 1.807) is 7.11 Å². The van der Waals surface area contributed by atoms with E-state index in [-0.39, 0.29) is 24.0 Å². The minimum Gasteiger partial charge on any atom is -0.497 e. The minimum absolute atomic E-state index is 0. The van der Waals surface area contributed by atoms with Crippen molar-refractivity contribution in [2.24, 2.45) is 4.99 Å². The van der Waals surface area contributed by atoms with E-state index in [0.717, 1.165) is 42.6 Å². The molecule has 0 saturated carbocycles. The van der Waals surface area contributed by atoms with Gasteiger partial charge in [-0.2, -0.15) is 0 Å². The lowest BCUT2D eigenvalue weighted by atomic mass is 10.1. The van der Waals surface area contributed by atoms with Crippen LogP contribution in [0.3, 0.4) is 0 Å². The van der Waals surface area contributed by atoms with E-state index in [2.05, 4.69) is 61.9 Å². The van der Waals surface area contributed by atoms with Crippen LogP contribution in [0, 0.1) is 0 Å². The van der Waals surface area contributed by atoms with Crippen molar-refractivity contribution in [3.05, 3.63) is 65.9 Å². The first-order valence-corrected chi connectivity index (χ1v) is 10.7. The summed E-state index contributed by atoms with van der Waals surface area (Å²) in [5.74, 6) is 1.70. The summed E-state index contributed by atoms with van der Waals surface area (Å²) in [6.45, 7) is 3.78. The highest BCUT2D eigenvalue weighted by atomic mass is 127. The van der Waals surface area contributed by atoms with Gasteiger partial charge in [0.15, 0.2) is 5.96 Å². The van der Waals surface area contributed by atoms with Gasteiger partial charge < -0.3 is 20.4 Å². The van der Waals surface area contributed by atoms with Gasteiger partial charge in [0, 0.05) is 24.8 Å². The number of benzene rings is 2. The number of rotatable bonds is 7. The van der Waals surface area contributed by atoms with Gasteiger partial charge in [0.1, 0.15) is 5.75 Å². The summed E-state index contributed by atoms with van der Waals surface area (Å²) in [6, 6.07) is 19.3. The molecule has 0 amide bonds. The molecule has 166 valence electrons. The maximum atomic E-state index is 5.32. The first kappa shape index (κ1) is 23.4. The SMILES string of the molecule is CN=C(NCc1cc2ccccc2[nH]1)NCC(c1ccc(OC)cc1)N1CCCC1.I. The van der Waals surface area contributed by atoms with Gasteiger partial charge in [0.2, 0.25) is 0 Å². The zero-order valence-electron chi connectivity index (χ0n) is 18.2. The third-order valence-electron chi connectivity index (χ3n) is 5.80. The molecule has 1 unspecified atom stereocenters. The largest absolute Gasteiger partial charge is 0.497 e. The number of nitrogens with one attached hydrogen (secondary N) is 3. The van der Waals surface area contributed by atoms with Gasteiger partial charge in [-0.3, -0.25) is 9.89 Å². The number of likely N-dealkylation sites (tertiary alicyclic amines) is 1. The van der Waals surface area contributed by atoms with Gasteiger partial charge in [0.05, 0.1) is 19.7 Å². The molecule has 6 nitrogen and oxygen atoms in total. The summed E-state index contributed by atoms with van der Waals surface area (Å²) >= 11 is 0. The summed E-state index contributed by atoms with van der Waals surface area (Å²) in [4.78, 5) is 10.4. The number of aliphatic imine (C=N–C) groups is 1. The van der Waals surface area contributed by atoms with Crippen LogP contribution in [0.15, 0.2) is 59.6 Å². The smallest absolute Gasteiger partial charge is 0.191 e. The van der Waals surface area contributed by atoms with Crippen LogP contribution in [0.4, 0.5) is 0 Å². The van der Waals surface area contributed by atoms with E-state index < -0.39 is 0 Å². The van der Waals surface area contributed by atoms with Crippen LogP contribution >= 0.6 is 24.0 Å². The van der Waals surface area contributed by atoms with E-state index in [4.69, 9.17) is 4.74 Å². The first-order chi connectivity index (χ1) is 14.8. The van der Waals surface area contributed by atoms with Crippen molar-refractivity contribution in [2.45, 2.75) is 25.4 Å². The minimum atomic E-state index is 0. The van der Waals surface area contributed by atoms with Crippen molar-refractivity contribution in [2.75, 3.05) is 33.8 Å². The van der Waals surface area contributed by atoms with Gasteiger partial charge in [-0.15, -0.1) is 24.0 Å². The second-order valence-electron chi connectivity index (χ2n) is 7.72. The topological polar surface area (TPSA) is 64.7 Å². The molecule has 1 aromatic heterocycles. The number of guanidine groups is 1. The van der Waals surface area contributed by atoms with Gasteiger partial charge in [0.25, 0.3) is 0 Å². The number of nitrogens with zero attached hydrogens (tertiary/aromatic N) is 2. The highest BCUT2D eigenvalue weighted by Gasteiger charge is 2.23. The second kappa shape index (κ2) is 11.4. The molecular weight excluding hydrogens is 501 g/mol. The maximum absolute atomic E-state index is 5.32. The fourth-order valence-corrected chi connectivity index (χ4v) is 4.16. The highest BCUT2D eigenvalue weighted by Crippen LogP contribution is 2.26. The Labute approximate surface area is 201 Å². The predicted molar refractivity (Wildman–Crippen MR) is 138 cm³/mol. The van der Waals surface area contributed by atoms with E-state index in [1.165, 1.54) is 23.8 Å². The van der Waals surface area contributed by atoms with Gasteiger partial charge in [-0.05, 0) is 61.1 Å². The Bertz CT molecular complexity index is 946. The molecule has 2 heterocycles. The molecule has 1 aliphatic heterocycles. The molecule has 1 atom stereocenters. The number of halogens is 1. The van der Waals surface area contributed by atoms with E-state index >= 15 is 0 Å². The van der Waals surface area contributed by atoms with Crippen LogP contribution in [0.5, 0.6) is 5.75 Å². The molecule has 0 spiro atoms. The number of hydrogen-bond acceptors (Lipinski definition) is 3. The summed E-state index contributed by atoms with van der Waals surface area (Å²) < 4.78 is 5.32. The second-order valence-corrected chi connectivity index (χ2v) is 7.72. The molecular formula is C24H32IN5O. The molecule has 31 heavy (non-hydrogen) atoms. The Morgan fingerprint density at radius 2 is 1.84 bits per heavy atom. The normalized spacial score (nSPS) is 15.5.